The lowest BCUT2D eigenvalue weighted by Gasteiger charge is -2.36. The highest BCUT2D eigenvalue weighted by Gasteiger charge is 2.22. The molecule has 100 valence electrons. The SMILES string of the molecule is CC(C)C1CCN(c2cc(Cl)ccc2CCl)CC1. The molecule has 0 unspecified atom stereocenters. The minimum atomic E-state index is 0.552. The summed E-state index contributed by atoms with van der Waals surface area (Å²) in [6.45, 7) is 6.88. The van der Waals surface area contributed by atoms with E-state index in [-0.39, 0.29) is 0 Å². The molecule has 1 heterocycles. The fourth-order valence-corrected chi connectivity index (χ4v) is 3.14. The Morgan fingerprint density at radius 2 is 1.94 bits per heavy atom. The Labute approximate surface area is 120 Å². The summed E-state index contributed by atoms with van der Waals surface area (Å²) >= 11 is 12.1. The molecule has 0 radical (unpaired) electrons. The molecule has 18 heavy (non-hydrogen) atoms. The van der Waals surface area contributed by atoms with Crippen molar-refractivity contribution in [2.24, 2.45) is 11.8 Å². The van der Waals surface area contributed by atoms with Crippen molar-refractivity contribution in [2.75, 3.05) is 18.0 Å². The van der Waals surface area contributed by atoms with Gasteiger partial charge in [0, 0.05) is 29.7 Å². The lowest BCUT2D eigenvalue weighted by Crippen LogP contribution is -2.35. The second-order valence-corrected chi connectivity index (χ2v) is 6.18. The first-order chi connectivity index (χ1) is 8.61. The summed E-state index contributed by atoms with van der Waals surface area (Å²) in [5.74, 6) is 2.20. The van der Waals surface area contributed by atoms with Gasteiger partial charge in [-0.3, -0.25) is 0 Å². The Morgan fingerprint density at radius 3 is 2.50 bits per heavy atom. The van der Waals surface area contributed by atoms with Gasteiger partial charge in [-0.1, -0.05) is 31.5 Å². The van der Waals surface area contributed by atoms with E-state index >= 15 is 0 Å². The molecular weight excluding hydrogens is 265 g/mol. The van der Waals surface area contributed by atoms with Crippen LogP contribution >= 0.6 is 23.2 Å². The van der Waals surface area contributed by atoms with Crippen LogP contribution in [0, 0.1) is 11.8 Å². The number of rotatable bonds is 3. The van der Waals surface area contributed by atoms with Crippen LogP contribution in [0.1, 0.15) is 32.3 Å². The van der Waals surface area contributed by atoms with E-state index in [9.17, 15) is 0 Å². The van der Waals surface area contributed by atoms with Crippen LogP contribution in [0.25, 0.3) is 0 Å². The third-order valence-electron chi connectivity index (χ3n) is 4.01. The Hall–Kier alpha value is -0.400. The van der Waals surface area contributed by atoms with Crippen LogP contribution in [0.15, 0.2) is 18.2 Å². The molecule has 1 aliphatic heterocycles. The van der Waals surface area contributed by atoms with Crippen molar-refractivity contribution in [3.05, 3.63) is 28.8 Å². The van der Waals surface area contributed by atoms with Crippen LogP contribution in [-0.4, -0.2) is 13.1 Å². The average molecular weight is 286 g/mol. The molecule has 0 atom stereocenters. The van der Waals surface area contributed by atoms with Crippen LogP contribution in [0.4, 0.5) is 5.69 Å². The largest absolute Gasteiger partial charge is 0.371 e. The quantitative estimate of drug-likeness (QED) is 0.710. The molecular formula is C15H21Cl2N. The van der Waals surface area contributed by atoms with Gasteiger partial charge in [0.15, 0.2) is 0 Å². The normalized spacial score (nSPS) is 17.5. The molecule has 0 aromatic heterocycles. The van der Waals surface area contributed by atoms with Crippen LogP contribution in [0.3, 0.4) is 0 Å². The van der Waals surface area contributed by atoms with E-state index in [1.165, 1.54) is 24.1 Å². The van der Waals surface area contributed by atoms with Gasteiger partial charge in [0.1, 0.15) is 0 Å². The molecule has 0 saturated carbocycles. The average Bonchev–Trinajstić information content (AvgIpc) is 2.39. The van der Waals surface area contributed by atoms with Crippen molar-refractivity contribution in [3.8, 4) is 0 Å². The standard InChI is InChI=1S/C15H21Cl2N/c1-11(2)12-5-7-18(8-6-12)15-9-14(17)4-3-13(15)10-16/h3-4,9,11-12H,5-8,10H2,1-2H3. The van der Waals surface area contributed by atoms with E-state index in [1.54, 1.807) is 0 Å². The van der Waals surface area contributed by atoms with Gasteiger partial charge in [0.25, 0.3) is 0 Å². The van der Waals surface area contributed by atoms with Gasteiger partial charge in [0.05, 0.1) is 0 Å². The third-order valence-corrected chi connectivity index (χ3v) is 4.54. The number of piperidine rings is 1. The van der Waals surface area contributed by atoms with Gasteiger partial charge in [-0.05, 0) is 42.4 Å². The maximum Gasteiger partial charge on any atom is 0.0494 e. The van der Waals surface area contributed by atoms with E-state index in [0.717, 1.165) is 29.9 Å². The smallest absolute Gasteiger partial charge is 0.0494 e. The summed E-state index contributed by atoms with van der Waals surface area (Å²) in [6.07, 6.45) is 2.54. The first-order valence-electron chi connectivity index (χ1n) is 6.71. The molecule has 1 aliphatic rings. The Bertz CT molecular complexity index is 395. The van der Waals surface area contributed by atoms with Gasteiger partial charge < -0.3 is 4.90 Å². The molecule has 1 saturated heterocycles. The van der Waals surface area contributed by atoms with Gasteiger partial charge in [-0.15, -0.1) is 11.6 Å². The first kappa shape index (κ1) is 14.0. The number of alkyl halides is 1. The number of anilines is 1. The molecule has 1 aromatic carbocycles. The summed E-state index contributed by atoms with van der Waals surface area (Å²) in [4.78, 5) is 2.43. The fourth-order valence-electron chi connectivity index (χ4n) is 2.75. The zero-order chi connectivity index (χ0) is 13.1. The zero-order valence-corrected chi connectivity index (χ0v) is 12.6. The maximum absolute atomic E-state index is 6.10. The van der Waals surface area contributed by atoms with Gasteiger partial charge in [-0.2, -0.15) is 0 Å². The fraction of sp³-hybridized carbons (Fsp3) is 0.600. The van der Waals surface area contributed by atoms with Crippen molar-refractivity contribution in [1.82, 2.24) is 0 Å². The summed E-state index contributed by atoms with van der Waals surface area (Å²) in [7, 11) is 0. The number of benzene rings is 1. The summed E-state index contributed by atoms with van der Waals surface area (Å²) in [5.41, 5.74) is 2.41. The molecule has 0 N–H and O–H groups in total. The van der Waals surface area contributed by atoms with E-state index in [1.807, 2.05) is 12.1 Å². The monoisotopic (exact) mass is 285 g/mol. The Morgan fingerprint density at radius 1 is 1.28 bits per heavy atom. The predicted molar refractivity (Wildman–Crippen MR) is 80.8 cm³/mol. The van der Waals surface area contributed by atoms with E-state index < -0.39 is 0 Å². The molecule has 0 spiro atoms. The van der Waals surface area contributed by atoms with Crippen molar-refractivity contribution in [3.63, 3.8) is 0 Å². The minimum Gasteiger partial charge on any atom is -0.371 e. The third kappa shape index (κ3) is 3.13. The molecule has 1 fully saturated rings. The van der Waals surface area contributed by atoms with Gasteiger partial charge in [-0.25, -0.2) is 0 Å². The van der Waals surface area contributed by atoms with Crippen LogP contribution < -0.4 is 4.90 Å². The predicted octanol–water partition coefficient (Wildman–Crippen LogP) is 4.95. The lowest BCUT2D eigenvalue weighted by atomic mass is 9.86. The van der Waals surface area contributed by atoms with Crippen molar-refractivity contribution >= 4 is 28.9 Å². The number of halogens is 2. The Balaban J connectivity index is 2.11. The molecule has 1 nitrogen and oxygen atoms in total. The van der Waals surface area contributed by atoms with E-state index in [4.69, 9.17) is 23.2 Å². The maximum atomic E-state index is 6.10. The highest BCUT2D eigenvalue weighted by Crippen LogP contribution is 2.32. The van der Waals surface area contributed by atoms with Crippen molar-refractivity contribution < 1.29 is 0 Å². The molecule has 3 heteroatoms. The first-order valence-corrected chi connectivity index (χ1v) is 7.62. The van der Waals surface area contributed by atoms with Gasteiger partial charge >= 0.3 is 0 Å². The highest BCUT2D eigenvalue weighted by atomic mass is 35.5. The van der Waals surface area contributed by atoms with Gasteiger partial charge in [0.2, 0.25) is 0 Å². The van der Waals surface area contributed by atoms with Crippen molar-refractivity contribution in [1.29, 1.82) is 0 Å². The zero-order valence-electron chi connectivity index (χ0n) is 11.1. The summed E-state index contributed by atoms with van der Waals surface area (Å²) in [6, 6.07) is 6.01. The second-order valence-electron chi connectivity index (χ2n) is 5.48. The minimum absolute atomic E-state index is 0.552. The highest BCUT2D eigenvalue weighted by molar-refractivity contribution is 6.31. The van der Waals surface area contributed by atoms with Crippen LogP contribution in [0.2, 0.25) is 5.02 Å². The number of hydrogen-bond donors (Lipinski definition) is 0. The molecule has 0 bridgehead atoms. The van der Waals surface area contributed by atoms with E-state index in [0.29, 0.717) is 5.88 Å². The number of hydrogen-bond acceptors (Lipinski definition) is 1. The van der Waals surface area contributed by atoms with Crippen LogP contribution in [0.5, 0.6) is 0 Å². The topological polar surface area (TPSA) is 3.24 Å². The number of nitrogens with zero attached hydrogens (tertiary/aromatic N) is 1. The Kier molecular flexibility index (Phi) is 4.80. The molecule has 2 rings (SSSR count). The summed E-state index contributed by atoms with van der Waals surface area (Å²) < 4.78 is 0. The second kappa shape index (κ2) is 6.16. The summed E-state index contributed by atoms with van der Waals surface area (Å²) in [5, 5.41) is 0.796. The molecule has 1 aromatic rings. The van der Waals surface area contributed by atoms with Crippen molar-refractivity contribution in [2.45, 2.75) is 32.6 Å². The molecule has 0 amide bonds. The lowest BCUT2D eigenvalue weighted by molar-refractivity contribution is 0.311. The van der Waals surface area contributed by atoms with E-state index in [2.05, 4.69) is 24.8 Å². The molecule has 0 aliphatic carbocycles. The van der Waals surface area contributed by atoms with Crippen LogP contribution in [-0.2, 0) is 5.88 Å².